The number of piperazine rings is 1. The van der Waals surface area contributed by atoms with Gasteiger partial charge in [0.05, 0.1) is 5.56 Å². The number of carboxylic acid groups (broad SMARTS) is 1. The minimum atomic E-state index is -1.31. The van der Waals surface area contributed by atoms with E-state index in [0.29, 0.717) is 37.3 Å². The number of aryl methyl sites for hydroxylation is 2. The number of carbonyl (C=O) groups is 3. The first-order valence-electron chi connectivity index (χ1n) is 15.6. The molecule has 5 aromatic rings. The number of hydrogen-bond donors (Lipinski definition) is 2. The molecule has 6 rings (SSSR count). The van der Waals surface area contributed by atoms with Gasteiger partial charge in [-0.1, -0.05) is 70.9 Å². The monoisotopic (exact) mass is 647 g/mol. The molecule has 244 valence electrons. The third-order valence-electron chi connectivity index (χ3n) is 8.40. The molecular weight excluding hydrogens is 613 g/mol. The van der Waals surface area contributed by atoms with Crippen molar-refractivity contribution in [2.75, 3.05) is 31.1 Å². The van der Waals surface area contributed by atoms with Crippen LogP contribution in [0.5, 0.6) is 0 Å². The van der Waals surface area contributed by atoms with Crippen molar-refractivity contribution in [2.24, 2.45) is 0 Å². The first-order chi connectivity index (χ1) is 23.1. The number of anilines is 1. The van der Waals surface area contributed by atoms with E-state index in [1.54, 1.807) is 23.1 Å². The van der Waals surface area contributed by atoms with E-state index in [2.05, 4.69) is 44.6 Å². The Kier molecular flexibility index (Phi) is 9.29. The van der Waals surface area contributed by atoms with Crippen LogP contribution < -0.4 is 10.2 Å². The molecule has 0 aliphatic carbocycles. The van der Waals surface area contributed by atoms with Crippen molar-refractivity contribution in [1.82, 2.24) is 20.4 Å². The van der Waals surface area contributed by atoms with E-state index < -0.39 is 29.6 Å². The van der Waals surface area contributed by atoms with Crippen LogP contribution in [0.2, 0.25) is 0 Å². The van der Waals surface area contributed by atoms with E-state index in [4.69, 9.17) is 4.52 Å². The predicted octanol–water partition coefficient (Wildman–Crippen LogP) is 5.55. The standard InChI is InChI=1S/C37H34FN5O5/c1-23-6-11-26(12-7-23)27-4-3-5-28(22-27)34(44)39-32(37(46)47)21-25-10-15-30(31(38)20-25)33-40-35(48-41-33)36(45)43-18-16-42(17-19-43)29-13-8-24(2)9-14-29/h3-15,20,22,32H,16-19,21H2,1-2H3,(H,39,44)(H,46,47). The van der Waals surface area contributed by atoms with Crippen LogP contribution in [0.1, 0.15) is 37.7 Å². The number of aliphatic carboxylic acids is 1. The third kappa shape index (κ3) is 7.25. The Balaban J connectivity index is 1.08. The highest BCUT2D eigenvalue weighted by atomic mass is 19.1. The summed E-state index contributed by atoms with van der Waals surface area (Å²) in [6, 6.07) is 25.7. The van der Waals surface area contributed by atoms with Gasteiger partial charge in [0.1, 0.15) is 11.9 Å². The van der Waals surface area contributed by atoms with Gasteiger partial charge in [-0.2, -0.15) is 4.98 Å². The maximum Gasteiger partial charge on any atom is 0.326 e. The summed E-state index contributed by atoms with van der Waals surface area (Å²) in [5, 5.41) is 16.2. The fourth-order valence-corrected chi connectivity index (χ4v) is 5.61. The van der Waals surface area contributed by atoms with Crippen LogP contribution in [0, 0.1) is 19.7 Å². The van der Waals surface area contributed by atoms with Crippen molar-refractivity contribution in [2.45, 2.75) is 26.3 Å². The number of amides is 2. The Labute approximate surface area is 276 Å². The number of hydrogen-bond acceptors (Lipinski definition) is 7. The second-order valence-electron chi connectivity index (χ2n) is 11.9. The van der Waals surface area contributed by atoms with Crippen molar-refractivity contribution in [3.8, 4) is 22.5 Å². The maximum absolute atomic E-state index is 15.3. The molecule has 1 aromatic heterocycles. The molecule has 1 aliphatic rings. The van der Waals surface area contributed by atoms with Gasteiger partial charge in [0.2, 0.25) is 5.82 Å². The molecule has 1 unspecified atom stereocenters. The van der Waals surface area contributed by atoms with Gasteiger partial charge in [-0.25, -0.2) is 9.18 Å². The quantitative estimate of drug-likeness (QED) is 0.213. The van der Waals surface area contributed by atoms with Gasteiger partial charge < -0.3 is 24.7 Å². The molecule has 10 nitrogen and oxygen atoms in total. The lowest BCUT2D eigenvalue weighted by Crippen LogP contribution is -2.48. The van der Waals surface area contributed by atoms with Crippen LogP contribution in [-0.4, -0.2) is 70.2 Å². The molecule has 2 amide bonds. The number of halogens is 1. The highest BCUT2D eigenvalue weighted by Gasteiger charge is 2.28. The van der Waals surface area contributed by atoms with E-state index in [1.807, 2.05) is 44.2 Å². The summed E-state index contributed by atoms with van der Waals surface area (Å²) in [4.78, 5) is 46.2. The first kappa shape index (κ1) is 32.1. The largest absolute Gasteiger partial charge is 0.480 e. The molecule has 2 N–H and O–H groups in total. The molecule has 48 heavy (non-hydrogen) atoms. The highest BCUT2D eigenvalue weighted by molar-refractivity contribution is 5.97. The molecular formula is C37H34FN5O5. The summed E-state index contributed by atoms with van der Waals surface area (Å²) in [6.07, 6.45) is -0.166. The summed E-state index contributed by atoms with van der Waals surface area (Å²) in [7, 11) is 0. The molecule has 0 saturated carbocycles. The lowest BCUT2D eigenvalue weighted by molar-refractivity contribution is -0.139. The van der Waals surface area contributed by atoms with E-state index in [1.165, 1.54) is 17.7 Å². The number of carboxylic acids is 1. The zero-order chi connectivity index (χ0) is 33.8. The van der Waals surface area contributed by atoms with Crippen LogP contribution in [-0.2, 0) is 11.2 Å². The lowest BCUT2D eigenvalue weighted by Gasteiger charge is -2.35. The Hall–Kier alpha value is -5.84. The first-order valence-corrected chi connectivity index (χ1v) is 15.6. The van der Waals surface area contributed by atoms with Gasteiger partial charge in [0, 0.05) is 43.9 Å². The fourth-order valence-electron chi connectivity index (χ4n) is 5.61. The van der Waals surface area contributed by atoms with Gasteiger partial charge in [-0.3, -0.25) is 9.59 Å². The third-order valence-corrected chi connectivity index (χ3v) is 8.40. The van der Waals surface area contributed by atoms with Gasteiger partial charge >= 0.3 is 17.8 Å². The van der Waals surface area contributed by atoms with Crippen molar-refractivity contribution in [1.29, 1.82) is 0 Å². The van der Waals surface area contributed by atoms with Gasteiger partial charge in [-0.15, -0.1) is 0 Å². The topological polar surface area (TPSA) is 129 Å². The van der Waals surface area contributed by atoms with Crippen LogP contribution in [0.25, 0.3) is 22.5 Å². The predicted molar refractivity (Wildman–Crippen MR) is 178 cm³/mol. The van der Waals surface area contributed by atoms with Crippen molar-refractivity contribution in [3.63, 3.8) is 0 Å². The zero-order valence-electron chi connectivity index (χ0n) is 26.5. The van der Waals surface area contributed by atoms with Crippen LogP contribution >= 0.6 is 0 Å². The average molecular weight is 648 g/mol. The summed E-state index contributed by atoms with van der Waals surface area (Å²) in [5.41, 5.74) is 5.75. The summed E-state index contributed by atoms with van der Waals surface area (Å²) in [6.45, 7) is 6.23. The molecule has 4 aromatic carbocycles. The summed E-state index contributed by atoms with van der Waals surface area (Å²) in [5.74, 6) is -3.31. The van der Waals surface area contributed by atoms with Crippen molar-refractivity contribution >= 4 is 23.5 Å². The Morgan fingerprint density at radius 3 is 2.23 bits per heavy atom. The zero-order valence-corrected chi connectivity index (χ0v) is 26.5. The molecule has 0 spiro atoms. The Morgan fingerprint density at radius 2 is 1.56 bits per heavy atom. The van der Waals surface area contributed by atoms with E-state index in [9.17, 15) is 19.5 Å². The molecule has 1 atom stereocenters. The van der Waals surface area contributed by atoms with Gasteiger partial charge in [-0.05, 0) is 66.9 Å². The molecule has 1 aliphatic heterocycles. The number of benzene rings is 4. The van der Waals surface area contributed by atoms with Gasteiger partial charge in [0.15, 0.2) is 0 Å². The second-order valence-corrected chi connectivity index (χ2v) is 11.9. The number of aromatic nitrogens is 2. The molecule has 1 saturated heterocycles. The van der Waals surface area contributed by atoms with Gasteiger partial charge in [0.25, 0.3) is 5.91 Å². The fraction of sp³-hybridized carbons (Fsp3) is 0.216. The average Bonchev–Trinajstić information content (AvgIpc) is 3.58. The summed E-state index contributed by atoms with van der Waals surface area (Å²) >= 11 is 0. The van der Waals surface area contributed by atoms with Crippen molar-refractivity contribution in [3.05, 3.63) is 125 Å². The maximum atomic E-state index is 15.3. The minimum absolute atomic E-state index is 0.00503. The molecule has 11 heteroatoms. The van der Waals surface area contributed by atoms with E-state index in [-0.39, 0.29) is 23.7 Å². The van der Waals surface area contributed by atoms with Crippen molar-refractivity contribution < 1.29 is 28.4 Å². The molecule has 1 fully saturated rings. The lowest BCUT2D eigenvalue weighted by atomic mass is 10.0. The number of nitrogens with one attached hydrogen (secondary N) is 1. The van der Waals surface area contributed by atoms with E-state index in [0.717, 1.165) is 28.4 Å². The number of nitrogens with zero attached hydrogens (tertiary/aromatic N) is 4. The number of carbonyl (C=O) groups excluding carboxylic acids is 2. The number of rotatable bonds is 9. The second kappa shape index (κ2) is 13.9. The minimum Gasteiger partial charge on any atom is -0.480 e. The molecule has 2 heterocycles. The molecule has 0 radical (unpaired) electrons. The Morgan fingerprint density at radius 1 is 0.875 bits per heavy atom. The van der Waals surface area contributed by atoms with E-state index >= 15 is 4.39 Å². The highest BCUT2D eigenvalue weighted by Crippen LogP contribution is 2.24. The SMILES string of the molecule is Cc1ccc(-c2cccc(C(=O)NC(Cc3ccc(-c4noc(C(=O)N5CCN(c6ccc(C)cc6)CC5)n4)c(F)c3)C(=O)O)c2)cc1. The normalized spacial score (nSPS) is 13.6. The van der Waals surface area contributed by atoms with Crippen LogP contribution in [0.15, 0.2) is 95.5 Å². The smallest absolute Gasteiger partial charge is 0.326 e. The molecule has 0 bridgehead atoms. The van der Waals surface area contributed by atoms with Crippen LogP contribution in [0.4, 0.5) is 10.1 Å². The Bertz CT molecular complexity index is 1950. The van der Waals surface area contributed by atoms with Crippen LogP contribution in [0.3, 0.4) is 0 Å². The summed E-state index contributed by atoms with van der Waals surface area (Å²) < 4.78 is 20.5.